The van der Waals surface area contributed by atoms with Gasteiger partial charge in [0.2, 0.25) is 5.91 Å². The lowest BCUT2D eigenvalue weighted by molar-refractivity contribution is -0.117. The quantitative estimate of drug-likeness (QED) is 0.826. The van der Waals surface area contributed by atoms with E-state index in [0.29, 0.717) is 13.0 Å². The number of carbonyl (C=O) groups excluding carboxylic acids is 2. The van der Waals surface area contributed by atoms with E-state index in [9.17, 15) is 9.59 Å². The van der Waals surface area contributed by atoms with Crippen molar-refractivity contribution in [3.63, 3.8) is 0 Å². The first-order valence-electron chi connectivity index (χ1n) is 6.13. The normalized spacial score (nSPS) is 19.1. The molecule has 0 N–H and O–H groups in total. The lowest BCUT2D eigenvalue weighted by atomic mass is 10.1. The average Bonchev–Trinajstić information content (AvgIpc) is 2.66. The molecule has 0 aliphatic carbocycles. The van der Waals surface area contributed by atoms with Gasteiger partial charge >= 0.3 is 0 Å². The number of thioether (sulfide) groups is 1. The minimum absolute atomic E-state index is 0.0726. The largest absolute Gasteiger partial charge is 0.311 e. The van der Waals surface area contributed by atoms with Crippen LogP contribution in [0, 0.1) is 13.8 Å². The van der Waals surface area contributed by atoms with E-state index in [1.807, 2.05) is 26.0 Å². The standard InChI is InChI=1S/C14H16BrNO2S/c1-8-9(2)13(5-4-12(8)15)16-7-11(6-14(16)18)19-10(3)17/h4-5,11H,6-7H2,1-3H3. The molecule has 0 saturated carbocycles. The SMILES string of the molecule is CC(=O)SC1CC(=O)N(c2ccc(Br)c(C)c2C)C1. The number of halogens is 1. The number of hydrogen-bond donors (Lipinski definition) is 0. The molecule has 2 rings (SSSR count). The van der Waals surface area contributed by atoms with Gasteiger partial charge < -0.3 is 4.90 Å². The summed E-state index contributed by atoms with van der Waals surface area (Å²) in [6.07, 6.45) is 0.443. The van der Waals surface area contributed by atoms with Crippen LogP contribution in [0.25, 0.3) is 0 Å². The van der Waals surface area contributed by atoms with E-state index in [0.717, 1.165) is 21.3 Å². The molecule has 19 heavy (non-hydrogen) atoms. The van der Waals surface area contributed by atoms with Crippen LogP contribution in [0.2, 0.25) is 0 Å². The van der Waals surface area contributed by atoms with E-state index in [-0.39, 0.29) is 16.3 Å². The molecule has 1 atom stereocenters. The number of benzene rings is 1. The minimum atomic E-state index is 0.0726. The van der Waals surface area contributed by atoms with Crippen LogP contribution >= 0.6 is 27.7 Å². The average molecular weight is 342 g/mol. The van der Waals surface area contributed by atoms with E-state index in [2.05, 4.69) is 15.9 Å². The van der Waals surface area contributed by atoms with Gasteiger partial charge in [0.15, 0.2) is 5.12 Å². The van der Waals surface area contributed by atoms with Crippen molar-refractivity contribution in [3.05, 3.63) is 27.7 Å². The molecule has 1 aromatic rings. The molecule has 0 spiro atoms. The fourth-order valence-corrected chi connectivity index (χ4v) is 3.64. The third-order valence-electron chi connectivity index (χ3n) is 3.41. The van der Waals surface area contributed by atoms with E-state index in [1.54, 1.807) is 11.8 Å². The number of anilines is 1. The summed E-state index contributed by atoms with van der Waals surface area (Å²) < 4.78 is 1.05. The molecule has 5 heteroatoms. The van der Waals surface area contributed by atoms with E-state index >= 15 is 0 Å². The Kier molecular flexibility index (Phi) is 4.36. The van der Waals surface area contributed by atoms with Crippen molar-refractivity contribution in [2.75, 3.05) is 11.4 Å². The summed E-state index contributed by atoms with van der Waals surface area (Å²) >= 11 is 4.76. The predicted octanol–water partition coefficient (Wildman–Crippen LogP) is 3.45. The van der Waals surface area contributed by atoms with Crippen LogP contribution in [0.4, 0.5) is 5.69 Å². The van der Waals surface area contributed by atoms with Crippen LogP contribution < -0.4 is 4.90 Å². The summed E-state index contributed by atoms with van der Waals surface area (Å²) in [5.41, 5.74) is 3.21. The predicted molar refractivity (Wildman–Crippen MR) is 82.6 cm³/mol. The molecule has 0 radical (unpaired) electrons. The Hall–Kier alpha value is -0.810. The smallest absolute Gasteiger partial charge is 0.228 e. The van der Waals surface area contributed by atoms with Crippen molar-refractivity contribution in [3.8, 4) is 0 Å². The fraction of sp³-hybridized carbons (Fsp3) is 0.429. The van der Waals surface area contributed by atoms with Gasteiger partial charge in [0.05, 0.1) is 0 Å². The molecular formula is C14H16BrNO2S. The van der Waals surface area contributed by atoms with Gasteiger partial charge in [-0.3, -0.25) is 9.59 Å². The maximum atomic E-state index is 12.1. The number of rotatable bonds is 2. The molecule has 0 aromatic heterocycles. The Morgan fingerprint density at radius 2 is 2.05 bits per heavy atom. The Morgan fingerprint density at radius 3 is 2.68 bits per heavy atom. The van der Waals surface area contributed by atoms with Crippen LogP contribution in [0.3, 0.4) is 0 Å². The molecule has 1 fully saturated rings. The number of hydrogen-bond acceptors (Lipinski definition) is 3. The summed E-state index contributed by atoms with van der Waals surface area (Å²) in [7, 11) is 0. The molecule has 1 amide bonds. The highest BCUT2D eigenvalue weighted by atomic mass is 79.9. The molecule has 1 aromatic carbocycles. The summed E-state index contributed by atoms with van der Waals surface area (Å²) in [6, 6.07) is 3.93. The molecule has 3 nitrogen and oxygen atoms in total. The van der Waals surface area contributed by atoms with Gasteiger partial charge in [0.1, 0.15) is 0 Å². The molecular weight excluding hydrogens is 326 g/mol. The van der Waals surface area contributed by atoms with Crippen molar-refractivity contribution < 1.29 is 9.59 Å². The van der Waals surface area contributed by atoms with Crippen molar-refractivity contribution in [1.29, 1.82) is 0 Å². The van der Waals surface area contributed by atoms with Crippen LogP contribution in [0.5, 0.6) is 0 Å². The van der Waals surface area contributed by atoms with Gasteiger partial charge in [-0.15, -0.1) is 0 Å². The zero-order valence-electron chi connectivity index (χ0n) is 11.2. The third-order valence-corrected chi connectivity index (χ3v) is 5.25. The van der Waals surface area contributed by atoms with Gasteiger partial charge in [-0.25, -0.2) is 0 Å². The molecule has 102 valence electrons. The summed E-state index contributed by atoms with van der Waals surface area (Å²) in [5, 5.41) is 0.150. The van der Waals surface area contributed by atoms with Crippen LogP contribution in [-0.2, 0) is 9.59 Å². The fourth-order valence-electron chi connectivity index (χ4n) is 2.29. The topological polar surface area (TPSA) is 37.4 Å². The highest BCUT2D eigenvalue weighted by molar-refractivity contribution is 9.10. The van der Waals surface area contributed by atoms with Crippen molar-refractivity contribution in [2.45, 2.75) is 32.4 Å². The molecule has 1 aliphatic rings. The van der Waals surface area contributed by atoms with Crippen LogP contribution in [0.15, 0.2) is 16.6 Å². The second-order valence-electron chi connectivity index (χ2n) is 4.76. The highest BCUT2D eigenvalue weighted by Gasteiger charge is 2.32. The second kappa shape index (κ2) is 5.67. The van der Waals surface area contributed by atoms with Gasteiger partial charge in [-0.05, 0) is 37.1 Å². The first-order valence-corrected chi connectivity index (χ1v) is 7.80. The summed E-state index contributed by atoms with van der Waals surface area (Å²) in [5.74, 6) is 0.101. The Labute approximate surface area is 125 Å². The summed E-state index contributed by atoms with van der Waals surface area (Å²) in [6.45, 7) is 6.22. The van der Waals surface area contributed by atoms with Gasteiger partial charge in [0, 0.05) is 35.3 Å². The highest BCUT2D eigenvalue weighted by Crippen LogP contribution is 2.33. The lowest BCUT2D eigenvalue weighted by Gasteiger charge is -2.20. The number of nitrogens with zero attached hydrogens (tertiary/aromatic N) is 1. The Balaban J connectivity index is 2.26. The zero-order valence-corrected chi connectivity index (χ0v) is 13.6. The molecule has 0 bridgehead atoms. The Bertz CT molecular complexity index is 544. The van der Waals surface area contributed by atoms with Gasteiger partial charge in [-0.2, -0.15) is 0 Å². The summed E-state index contributed by atoms with van der Waals surface area (Å²) in [4.78, 5) is 25.0. The van der Waals surface area contributed by atoms with Crippen LogP contribution in [0.1, 0.15) is 24.5 Å². The van der Waals surface area contributed by atoms with E-state index < -0.39 is 0 Å². The monoisotopic (exact) mass is 341 g/mol. The molecule has 1 aliphatic heterocycles. The first-order chi connectivity index (χ1) is 8.90. The molecule has 1 unspecified atom stereocenters. The Morgan fingerprint density at radius 1 is 1.37 bits per heavy atom. The second-order valence-corrected chi connectivity index (χ2v) is 7.09. The minimum Gasteiger partial charge on any atom is -0.311 e. The molecule has 1 saturated heterocycles. The van der Waals surface area contributed by atoms with Crippen LogP contribution in [-0.4, -0.2) is 22.8 Å². The first kappa shape index (κ1) is 14.6. The number of amides is 1. The maximum Gasteiger partial charge on any atom is 0.228 e. The van der Waals surface area contributed by atoms with Crippen molar-refractivity contribution >= 4 is 44.4 Å². The lowest BCUT2D eigenvalue weighted by Crippen LogP contribution is -2.26. The third kappa shape index (κ3) is 3.03. The van der Waals surface area contributed by atoms with Crippen molar-refractivity contribution in [2.24, 2.45) is 0 Å². The van der Waals surface area contributed by atoms with E-state index in [4.69, 9.17) is 0 Å². The van der Waals surface area contributed by atoms with Crippen molar-refractivity contribution in [1.82, 2.24) is 0 Å². The van der Waals surface area contributed by atoms with E-state index in [1.165, 1.54) is 11.8 Å². The molecule has 1 heterocycles. The van der Waals surface area contributed by atoms with Gasteiger partial charge in [-0.1, -0.05) is 27.7 Å². The zero-order chi connectivity index (χ0) is 14.2. The maximum absolute atomic E-state index is 12.1. The number of carbonyl (C=O) groups is 2. The van der Waals surface area contributed by atoms with Gasteiger partial charge in [0.25, 0.3) is 0 Å².